The van der Waals surface area contributed by atoms with Gasteiger partial charge in [0.05, 0.1) is 12.2 Å². The molecule has 0 radical (unpaired) electrons. The summed E-state index contributed by atoms with van der Waals surface area (Å²) in [4.78, 5) is 24.8. The third-order valence-corrected chi connectivity index (χ3v) is 5.33. The summed E-state index contributed by atoms with van der Waals surface area (Å²) < 4.78 is 11.0. The van der Waals surface area contributed by atoms with Crippen molar-refractivity contribution in [2.45, 2.75) is 40.5 Å². The topological polar surface area (TPSA) is 92.3 Å². The highest BCUT2D eigenvalue weighted by Gasteiger charge is 2.14. The third-order valence-electron chi connectivity index (χ3n) is 5.33. The number of ether oxygens (including phenoxy) is 1. The number of aryl methyl sites for hydroxylation is 3. The van der Waals surface area contributed by atoms with Crippen molar-refractivity contribution in [1.29, 1.82) is 5.26 Å². The minimum Gasteiger partial charge on any atom is -0.462 e. The van der Waals surface area contributed by atoms with E-state index in [1.54, 1.807) is 36.4 Å². The average Bonchev–Trinajstić information content (AvgIpc) is 3.28. The van der Waals surface area contributed by atoms with Crippen LogP contribution >= 0.6 is 0 Å². The Morgan fingerprint density at radius 3 is 2.35 bits per heavy atom. The molecule has 0 atom stereocenters. The normalized spacial score (nSPS) is 11.1. The summed E-state index contributed by atoms with van der Waals surface area (Å²) in [5.41, 5.74) is 4.83. The number of anilines is 1. The predicted molar refractivity (Wildman–Crippen MR) is 132 cm³/mol. The number of carbonyl (C=O) groups is 2. The van der Waals surface area contributed by atoms with E-state index in [0.29, 0.717) is 29.4 Å². The molecule has 6 nitrogen and oxygen atoms in total. The predicted octanol–water partition coefficient (Wildman–Crippen LogP) is 6.37. The molecule has 0 aliphatic heterocycles. The molecule has 0 saturated carbocycles. The molecule has 0 aliphatic carbocycles. The highest BCUT2D eigenvalue weighted by molar-refractivity contribution is 6.10. The molecule has 0 fully saturated rings. The van der Waals surface area contributed by atoms with Gasteiger partial charge in [-0.15, -0.1) is 0 Å². The Hall–Kier alpha value is -4.11. The summed E-state index contributed by atoms with van der Waals surface area (Å²) >= 11 is 0. The van der Waals surface area contributed by atoms with E-state index in [9.17, 15) is 14.9 Å². The van der Waals surface area contributed by atoms with Crippen molar-refractivity contribution >= 4 is 23.6 Å². The van der Waals surface area contributed by atoms with Crippen molar-refractivity contribution < 1.29 is 18.7 Å². The van der Waals surface area contributed by atoms with Crippen LogP contribution in [0.4, 0.5) is 5.69 Å². The maximum Gasteiger partial charge on any atom is 0.338 e. The fourth-order valence-corrected chi connectivity index (χ4v) is 3.60. The van der Waals surface area contributed by atoms with Gasteiger partial charge in [0.25, 0.3) is 5.91 Å². The highest BCUT2D eigenvalue weighted by Crippen LogP contribution is 2.25. The fourth-order valence-electron chi connectivity index (χ4n) is 3.60. The smallest absolute Gasteiger partial charge is 0.338 e. The number of nitrogens with one attached hydrogen (secondary N) is 1. The van der Waals surface area contributed by atoms with Crippen molar-refractivity contribution in [3.63, 3.8) is 0 Å². The van der Waals surface area contributed by atoms with Crippen LogP contribution in [0.2, 0.25) is 0 Å². The second-order valence-corrected chi connectivity index (χ2v) is 8.17. The van der Waals surface area contributed by atoms with Gasteiger partial charge in [0.15, 0.2) is 0 Å². The number of carbonyl (C=O) groups excluding carboxylic acids is 2. The number of unbranched alkanes of at least 4 members (excludes halogenated alkanes) is 1. The quantitative estimate of drug-likeness (QED) is 0.184. The molecule has 174 valence electrons. The molecule has 0 spiro atoms. The van der Waals surface area contributed by atoms with Gasteiger partial charge < -0.3 is 14.5 Å². The maximum absolute atomic E-state index is 12.7. The Morgan fingerprint density at radius 1 is 1.06 bits per heavy atom. The van der Waals surface area contributed by atoms with Crippen LogP contribution in [0.25, 0.3) is 17.4 Å². The van der Waals surface area contributed by atoms with Gasteiger partial charge in [0, 0.05) is 17.3 Å². The Kier molecular flexibility index (Phi) is 8.05. The zero-order chi connectivity index (χ0) is 24.7. The largest absolute Gasteiger partial charge is 0.462 e. The summed E-state index contributed by atoms with van der Waals surface area (Å²) in [6.45, 7) is 8.27. The zero-order valence-corrected chi connectivity index (χ0v) is 19.9. The van der Waals surface area contributed by atoms with Crippen molar-refractivity contribution in [1.82, 2.24) is 0 Å². The molecular formula is C28H28N2O4. The molecule has 3 aromatic rings. The number of nitrogens with zero attached hydrogens (tertiary/aromatic N) is 1. The minimum absolute atomic E-state index is 0.0644. The van der Waals surface area contributed by atoms with Crippen LogP contribution in [0.5, 0.6) is 0 Å². The first-order chi connectivity index (χ1) is 16.3. The van der Waals surface area contributed by atoms with Gasteiger partial charge in [-0.25, -0.2) is 4.79 Å². The Labute approximate surface area is 199 Å². The van der Waals surface area contributed by atoms with Crippen LogP contribution in [0, 0.1) is 32.1 Å². The van der Waals surface area contributed by atoms with Crippen LogP contribution < -0.4 is 5.32 Å². The molecule has 0 unspecified atom stereocenters. The van der Waals surface area contributed by atoms with Crippen LogP contribution in [-0.4, -0.2) is 18.5 Å². The standard InChI is InChI=1S/C28H28N2O4/c1-5-6-13-33-28(32)22-9-7-21(8-10-22)25-12-11-24(34-25)16-23(17-29)27(31)30-26-19(3)14-18(2)15-20(26)4/h7-12,14-16H,5-6,13H2,1-4H3,(H,30,31)/b23-16-. The van der Waals surface area contributed by atoms with E-state index in [4.69, 9.17) is 9.15 Å². The number of hydrogen-bond acceptors (Lipinski definition) is 5. The number of nitriles is 1. The van der Waals surface area contributed by atoms with E-state index in [1.165, 1.54) is 6.08 Å². The third kappa shape index (κ3) is 6.02. The van der Waals surface area contributed by atoms with Gasteiger partial charge in [-0.1, -0.05) is 43.2 Å². The molecule has 1 aromatic heterocycles. The molecule has 3 rings (SSSR count). The van der Waals surface area contributed by atoms with Crippen molar-refractivity contribution in [2.75, 3.05) is 11.9 Å². The lowest BCUT2D eigenvalue weighted by Crippen LogP contribution is -2.15. The van der Waals surface area contributed by atoms with Crippen molar-refractivity contribution in [3.05, 3.63) is 82.1 Å². The van der Waals surface area contributed by atoms with Gasteiger partial charge >= 0.3 is 5.97 Å². The number of esters is 1. The van der Waals surface area contributed by atoms with E-state index in [0.717, 1.165) is 35.1 Å². The molecular weight excluding hydrogens is 428 g/mol. The van der Waals surface area contributed by atoms with Crippen LogP contribution in [0.3, 0.4) is 0 Å². The lowest BCUT2D eigenvalue weighted by atomic mass is 10.0. The molecule has 0 aliphatic rings. The summed E-state index contributed by atoms with van der Waals surface area (Å²) in [6.07, 6.45) is 3.21. The van der Waals surface area contributed by atoms with E-state index in [1.807, 2.05) is 45.9 Å². The lowest BCUT2D eigenvalue weighted by molar-refractivity contribution is -0.112. The average molecular weight is 457 g/mol. The summed E-state index contributed by atoms with van der Waals surface area (Å²) in [6, 6.07) is 16.2. The molecule has 1 N–H and O–H groups in total. The highest BCUT2D eigenvalue weighted by atomic mass is 16.5. The second kappa shape index (κ2) is 11.2. The number of amides is 1. The Balaban J connectivity index is 1.73. The molecule has 2 aromatic carbocycles. The Bertz CT molecular complexity index is 1240. The van der Waals surface area contributed by atoms with Gasteiger partial charge in [0.1, 0.15) is 23.2 Å². The van der Waals surface area contributed by atoms with Crippen LogP contribution in [0.1, 0.15) is 52.6 Å². The summed E-state index contributed by atoms with van der Waals surface area (Å²) in [7, 11) is 0. The maximum atomic E-state index is 12.7. The number of furan rings is 1. The first kappa shape index (κ1) is 24.5. The Morgan fingerprint density at radius 2 is 1.74 bits per heavy atom. The first-order valence-electron chi connectivity index (χ1n) is 11.2. The van der Waals surface area contributed by atoms with E-state index < -0.39 is 5.91 Å². The molecule has 6 heteroatoms. The van der Waals surface area contributed by atoms with E-state index >= 15 is 0 Å². The number of benzene rings is 2. The molecule has 34 heavy (non-hydrogen) atoms. The van der Waals surface area contributed by atoms with Crippen LogP contribution in [0.15, 0.2) is 58.5 Å². The zero-order valence-electron chi connectivity index (χ0n) is 19.9. The van der Waals surface area contributed by atoms with E-state index in [-0.39, 0.29) is 11.5 Å². The minimum atomic E-state index is -0.499. The summed E-state index contributed by atoms with van der Waals surface area (Å²) in [5.74, 6) is 0.0791. The second-order valence-electron chi connectivity index (χ2n) is 8.17. The van der Waals surface area contributed by atoms with E-state index in [2.05, 4.69) is 5.32 Å². The van der Waals surface area contributed by atoms with Gasteiger partial charge in [-0.3, -0.25) is 4.79 Å². The molecule has 1 amide bonds. The van der Waals surface area contributed by atoms with Gasteiger partial charge in [-0.2, -0.15) is 5.26 Å². The monoisotopic (exact) mass is 456 g/mol. The van der Waals surface area contributed by atoms with Crippen molar-refractivity contribution in [2.24, 2.45) is 0 Å². The lowest BCUT2D eigenvalue weighted by Gasteiger charge is -2.12. The summed E-state index contributed by atoms with van der Waals surface area (Å²) in [5, 5.41) is 12.4. The van der Waals surface area contributed by atoms with Gasteiger partial charge in [0.2, 0.25) is 0 Å². The van der Waals surface area contributed by atoms with Crippen molar-refractivity contribution in [3.8, 4) is 17.4 Å². The molecule has 0 bridgehead atoms. The number of rotatable bonds is 8. The molecule has 0 saturated heterocycles. The first-order valence-corrected chi connectivity index (χ1v) is 11.2. The molecule has 1 heterocycles. The fraction of sp³-hybridized carbons (Fsp3) is 0.250. The number of hydrogen-bond donors (Lipinski definition) is 1. The SMILES string of the molecule is CCCCOC(=O)c1ccc(-c2ccc(/C=C(/C#N)C(=O)Nc3c(C)cc(C)cc3C)o2)cc1. The van der Waals surface area contributed by atoms with Gasteiger partial charge in [-0.05, 0) is 62.6 Å². The van der Waals surface area contributed by atoms with Crippen LogP contribution in [-0.2, 0) is 9.53 Å².